The van der Waals surface area contributed by atoms with Gasteiger partial charge in [0.15, 0.2) is 0 Å². The van der Waals surface area contributed by atoms with Gasteiger partial charge in [0.25, 0.3) is 0 Å². The number of amides is 3. The fourth-order valence-electron chi connectivity index (χ4n) is 4.38. The molecule has 2 aliphatic heterocycles. The van der Waals surface area contributed by atoms with Crippen molar-refractivity contribution in [1.29, 1.82) is 0 Å². The van der Waals surface area contributed by atoms with Crippen LogP contribution in [0, 0.1) is 18.8 Å². The van der Waals surface area contributed by atoms with Gasteiger partial charge in [0, 0.05) is 44.2 Å². The zero-order valence-corrected chi connectivity index (χ0v) is 18.4. The van der Waals surface area contributed by atoms with Gasteiger partial charge >= 0.3 is 0 Å². The van der Waals surface area contributed by atoms with Crippen LogP contribution in [0.15, 0.2) is 24.3 Å². The lowest BCUT2D eigenvalue weighted by Crippen LogP contribution is -2.45. The molecule has 0 aliphatic carbocycles. The standard InChI is InChI=1S/C24H35N3O3/c1-3-4-5-6-13-25-23(29)19-11-14-26(15-12-19)24(30)20-16-22(28)27(17-20)21-9-7-18(2)8-10-21/h7-10,19-20H,3-6,11-17H2,1-2H3,(H,25,29). The summed E-state index contributed by atoms with van der Waals surface area (Å²) in [6.07, 6.45) is 6.26. The summed E-state index contributed by atoms with van der Waals surface area (Å²) in [5, 5.41) is 3.05. The lowest BCUT2D eigenvalue weighted by molar-refractivity contribution is -0.139. The largest absolute Gasteiger partial charge is 0.356 e. The second kappa shape index (κ2) is 10.6. The third kappa shape index (κ3) is 5.61. The molecule has 1 aromatic carbocycles. The molecule has 2 saturated heterocycles. The van der Waals surface area contributed by atoms with Crippen LogP contribution >= 0.6 is 0 Å². The normalized spacial score (nSPS) is 19.9. The number of benzene rings is 1. The number of nitrogens with zero attached hydrogens (tertiary/aromatic N) is 2. The first-order chi connectivity index (χ1) is 14.5. The smallest absolute Gasteiger partial charge is 0.228 e. The number of carbonyl (C=O) groups is 3. The zero-order valence-electron chi connectivity index (χ0n) is 18.4. The molecule has 3 amide bonds. The van der Waals surface area contributed by atoms with E-state index < -0.39 is 0 Å². The van der Waals surface area contributed by atoms with Crippen LogP contribution in [-0.2, 0) is 14.4 Å². The molecule has 6 nitrogen and oxygen atoms in total. The van der Waals surface area contributed by atoms with Crippen LogP contribution in [0.5, 0.6) is 0 Å². The summed E-state index contributed by atoms with van der Waals surface area (Å²) in [6.45, 7) is 6.58. The van der Waals surface area contributed by atoms with Crippen molar-refractivity contribution in [3.05, 3.63) is 29.8 Å². The van der Waals surface area contributed by atoms with Gasteiger partial charge in [-0.25, -0.2) is 0 Å². The molecule has 0 spiro atoms. The van der Waals surface area contributed by atoms with E-state index in [9.17, 15) is 14.4 Å². The van der Waals surface area contributed by atoms with E-state index in [2.05, 4.69) is 12.2 Å². The molecule has 3 rings (SSSR count). The van der Waals surface area contributed by atoms with Crippen LogP contribution < -0.4 is 10.2 Å². The molecule has 30 heavy (non-hydrogen) atoms. The second-order valence-electron chi connectivity index (χ2n) is 8.69. The topological polar surface area (TPSA) is 69.7 Å². The monoisotopic (exact) mass is 413 g/mol. The number of hydrogen-bond acceptors (Lipinski definition) is 3. The van der Waals surface area contributed by atoms with Gasteiger partial charge in [-0.3, -0.25) is 14.4 Å². The Balaban J connectivity index is 1.44. The zero-order chi connectivity index (χ0) is 21.5. The number of aryl methyl sites for hydroxylation is 1. The van der Waals surface area contributed by atoms with Gasteiger partial charge < -0.3 is 15.1 Å². The minimum atomic E-state index is -0.289. The van der Waals surface area contributed by atoms with E-state index in [1.807, 2.05) is 36.1 Å². The molecule has 0 bridgehead atoms. The molecular weight excluding hydrogens is 378 g/mol. The van der Waals surface area contributed by atoms with Crippen molar-refractivity contribution in [3.8, 4) is 0 Å². The van der Waals surface area contributed by atoms with Gasteiger partial charge in [-0.15, -0.1) is 0 Å². The van der Waals surface area contributed by atoms with Gasteiger partial charge in [0.1, 0.15) is 0 Å². The highest BCUT2D eigenvalue weighted by atomic mass is 16.2. The van der Waals surface area contributed by atoms with E-state index in [1.54, 1.807) is 4.90 Å². The lowest BCUT2D eigenvalue weighted by Gasteiger charge is -2.33. The van der Waals surface area contributed by atoms with Crippen molar-refractivity contribution in [2.24, 2.45) is 11.8 Å². The lowest BCUT2D eigenvalue weighted by atomic mass is 9.94. The van der Waals surface area contributed by atoms with Crippen molar-refractivity contribution in [2.75, 3.05) is 31.1 Å². The molecule has 1 aromatic rings. The third-order valence-electron chi connectivity index (χ3n) is 6.33. The maximum atomic E-state index is 13.0. The van der Waals surface area contributed by atoms with E-state index in [0.717, 1.165) is 30.6 Å². The van der Waals surface area contributed by atoms with Gasteiger partial charge in [-0.05, 0) is 38.3 Å². The summed E-state index contributed by atoms with van der Waals surface area (Å²) >= 11 is 0. The number of piperidine rings is 1. The Labute approximate surface area is 180 Å². The van der Waals surface area contributed by atoms with Crippen LogP contribution in [0.2, 0.25) is 0 Å². The van der Waals surface area contributed by atoms with Crippen molar-refractivity contribution in [1.82, 2.24) is 10.2 Å². The Morgan fingerprint density at radius 3 is 2.40 bits per heavy atom. The summed E-state index contributed by atoms with van der Waals surface area (Å²) in [4.78, 5) is 41.4. The quantitative estimate of drug-likeness (QED) is 0.665. The van der Waals surface area contributed by atoms with Crippen LogP contribution in [0.3, 0.4) is 0 Å². The summed E-state index contributed by atoms with van der Waals surface area (Å²) in [5.41, 5.74) is 2.00. The Morgan fingerprint density at radius 1 is 1.03 bits per heavy atom. The molecule has 6 heteroatoms. The number of likely N-dealkylation sites (tertiary alicyclic amines) is 1. The Morgan fingerprint density at radius 2 is 1.73 bits per heavy atom. The molecule has 2 fully saturated rings. The number of carbonyl (C=O) groups excluding carboxylic acids is 3. The van der Waals surface area contributed by atoms with Gasteiger partial charge in [-0.2, -0.15) is 0 Å². The summed E-state index contributed by atoms with van der Waals surface area (Å²) < 4.78 is 0. The molecule has 1 unspecified atom stereocenters. The maximum absolute atomic E-state index is 13.0. The molecule has 0 radical (unpaired) electrons. The molecule has 1 N–H and O–H groups in total. The number of anilines is 1. The van der Waals surface area contributed by atoms with Crippen molar-refractivity contribution < 1.29 is 14.4 Å². The molecule has 2 aliphatic rings. The number of nitrogens with one attached hydrogen (secondary N) is 1. The van der Waals surface area contributed by atoms with E-state index in [4.69, 9.17) is 0 Å². The number of rotatable bonds is 8. The molecule has 164 valence electrons. The van der Waals surface area contributed by atoms with Crippen LogP contribution in [0.25, 0.3) is 0 Å². The maximum Gasteiger partial charge on any atom is 0.228 e. The number of hydrogen-bond donors (Lipinski definition) is 1. The average Bonchev–Trinajstić information content (AvgIpc) is 3.15. The van der Waals surface area contributed by atoms with Crippen LogP contribution in [0.4, 0.5) is 5.69 Å². The van der Waals surface area contributed by atoms with E-state index in [-0.39, 0.29) is 36.0 Å². The SMILES string of the molecule is CCCCCCNC(=O)C1CCN(C(=O)C2CC(=O)N(c3ccc(C)cc3)C2)CC1. The molecule has 0 saturated carbocycles. The fourth-order valence-corrected chi connectivity index (χ4v) is 4.38. The van der Waals surface area contributed by atoms with Gasteiger partial charge in [0.2, 0.25) is 17.7 Å². The first-order valence-electron chi connectivity index (χ1n) is 11.4. The summed E-state index contributed by atoms with van der Waals surface area (Å²) in [5.74, 6) is -0.108. The fraction of sp³-hybridized carbons (Fsp3) is 0.625. The van der Waals surface area contributed by atoms with E-state index in [1.165, 1.54) is 12.8 Å². The first-order valence-corrected chi connectivity index (χ1v) is 11.4. The molecule has 1 atom stereocenters. The van der Waals surface area contributed by atoms with Crippen LogP contribution in [-0.4, -0.2) is 48.8 Å². The average molecular weight is 414 g/mol. The first kappa shape index (κ1) is 22.3. The minimum Gasteiger partial charge on any atom is -0.356 e. The highest BCUT2D eigenvalue weighted by Crippen LogP contribution is 2.28. The highest BCUT2D eigenvalue weighted by Gasteiger charge is 2.38. The van der Waals surface area contributed by atoms with Crippen molar-refractivity contribution >= 4 is 23.4 Å². The summed E-state index contributed by atoms with van der Waals surface area (Å²) in [6, 6.07) is 7.84. The van der Waals surface area contributed by atoms with Crippen molar-refractivity contribution in [3.63, 3.8) is 0 Å². The van der Waals surface area contributed by atoms with Gasteiger partial charge in [0.05, 0.1) is 5.92 Å². The molecule has 0 aromatic heterocycles. The van der Waals surface area contributed by atoms with E-state index in [0.29, 0.717) is 32.5 Å². The highest BCUT2D eigenvalue weighted by molar-refractivity contribution is 6.00. The van der Waals surface area contributed by atoms with Crippen molar-refractivity contribution in [2.45, 2.75) is 58.8 Å². The molecule has 2 heterocycles. The Hall–Kier alpha value is -2.37. The van der Waals surface area contributed by atoms with E-state index >= 15 is 0 Å². The second-order valence-corrected chi connectivity index (χ2v) is 8.69. The van der Waals surface area contributed by atoms with Gasteiger partial charge in [-0.1, -0.05) is 43.9 Å². The number of unbranched alkanes of at least 4 members (excludes halogenated alkanes) is 3. The minimum absolute atomic E-state index is 0.00510. The molecular formula is C24H35N3O3. The summed E-state index contributed by atoms with van der Waals surface area (Å²) in [7, 11) is 0. The Bertz CT molecular complexity index is 739. The predicted octanol–water partition coefficient (Wildman–Crippen LogP) is 3.28. The third-order valence-corrected chi connectivity index (χ3v) is 6.33. The predicted molar refractivity (Wildman–Crippen MR) is 118 cm³/mol. The Kier molecular flexibility index (Phi) is 7.88. The van der Waals surface area contributed by atoms with Crippen LogP contribution in [0.1, 0.15) is 57.4 Å².